The van der Waals surface area contributed by atoms with Gasteiger partial charge in [0.1, 0.15) is 0 Å². The molecule has 0 saturated carbocycles. The second kappa shape index (κ2) is 14.1. The number of nitrogens with zero attached hydrogens (tertiary/aromatic N) is 2. The Balaban J connectivity index is 1.06. The summed E-state index contributed by atoms with van der Waals surface area (Å²) in [7, 11) is 0. The lowest BCUT2D eigenvalue weighted by Crippen LogP contribution is -2.10. The molecule has 1 aromatic heterocycles. The van der Waals surface area contributed by atoms with Crippen molar-refractivity contribution in [1.82, 2.24) is 4.57 Å². The van der Waals surface area contributed by atoms with Gasteiger partial charge in [0.05, 0.1) is 11.0 Å². The first-order valence-electron chi connectivity index (χ1n) is 19.9. The van der Waals surface area contributed by atoms with Gasteiger partial charge in [-0.25, -0.2) is 0 Å². The molecule has 0 aliphatic carbocycles. The Hall–Kier alpha value is -7.68. The SMILES string of the molecule is c1ccc(-c2cccc(N(c3ccc4ccc(-c5ccc6ccc(-c7ccccc7)cc6c5)cc4c3)c3ccc4c(c3)c3ccccc3n4-c3ccccc3)c2)cc1. The predicted molar refractivity (Wildman–Crippen MR) is 247 cm³/mol. The molecular formula is C56H38N2. The lowest BCUT2D eigenvalue weighted by Gasteiger charge is -2.27. The summed E-state index contributed by atoms with van der Waals surface area (Å²) < 4.78 is 2.38. The lowest BCUT2D eigenvalue weighted by atomic mass is 9.96. The number of rotatable bonds is 7. The minimum Gasteiger partial charge on any atom is -0.310 e. The third-order valence-electron chi connectivity index (χ3n) is 11.5. The van der Waals surface area contributed by atoms with Gasteiger partial charge in [0.2, 0.25) is 0 Å². The second-order valence-corrected chi connectivity index (χ2v) is 15.0. The quantitative estimate of drug-likeness (QED) is 0.158. The van der Waals surface area contributed by atoms with Crippen LogP contribution in [0.3, 0.4) is 0 Å². The van der Waals surface area contributed by atoms with E-state index in [0.29, 0.717) is 0 Å². The van der Waals surface area contributed by atoms with Crippen molar-refractivity contribution in [3.05, 3.63) is 231 Å². The van der Waals surface area contributed by atoms with E-state index < -0.39 is 0 Å². The van der Waals surface area contributed by atoms with Gasteiger partial charge < -0.3 is 9.47 Å². The summed E-state index contributed by atoms with van der Waals surface area (Å²) in [6.07, 6.45) is 0. The van der Waals surface area contributed by atoms with Crippen LogP contribution in [0.2, 0.25) is 0 Å². The van der Waals surface area contributed by atoms with Crippen LogP contribution in [0.4, 0.5) is 17.1 Å². The molecule has 0 spiro atoms. The third kappa shape index (κ3) is 6.00. The molecule has 272 valence electrons. The van der Waals surface area contributed by atoms with Crippen LogP contribution in [0.5, 0.6) is 0 Å². The average molecular weight is 739 g/mol. The van der Waals surface area contributed by atoms with E-state index in [2.05, 4.69) is 240 Å². The van der Waals surface area contributed by atoms with Crippen LogP contribution in [0.25, 0.3) is 82.4 Å². The van der Waals surface area contributed by atoms with Gasteiger partial charge in [0.25, 0.3) is 0 Å². The van der Waals surface area contributed by atoms with Crippen molar-refractivity contribution < 1.29 is 0 Å². The fourth-order valence-corrected chi connectivity index (χ4v) is 8.65. The smallest absolute Gasteiger partial charge is 0.0542 e. The molecule has 0 radical (unpaired) electrons. The number of para-hydroxylation sites is 2. The highest BCUT2D eigenvalue weighted by atomic mass is 15.1. The Morgan fingerprint density at radius 1 is 0.259 bits per heavy atom. The van der Waals surface area contributed by atoms with E-state index in [1.807, 2.05) is 0 Å². The molecule has 0 atom stereocenters. The van der Waals surface area contributed by atoms with Crippen LogP contribution < -0.4 is 4.90 Å². The minimum atomic E-state index is 1.10. The summed E-state index contributed by atoms with van der Waals surface area (Å²) in [5.74, 6) is 0. The number of hydrogen-bond acceptors (Lipinski definition) is 1. The van der Waals surface area contributed by atoms with E-state index in [1.165, 1.54) is 76.7 Å². The molecule has 0 fully saturated rings. The molecule has 0 saturated heterocycles. The fraction of sp³-hybridized carbons (Fsp3) is 0. The van der Waals surface area contributed by atoms with E-state index in [-0.39, 0.29) is 0 Å². The summed E-state index contributed by atoms with van der Waals surface area (Å²) in [4.78, 5) is 2.41. The Kier molecular flexibility index (Phi) is 8.19. The summed E-state index contributed by atoms with van der Waals surface area (Å²) in [6, 6.07) is 83.8. The van der Waals surface area contributed by atoms with Crippen molar-refractivity contribution in [3.8, 4) is 39.1 Å². The third-order valence-corrected chi connectivity index (χ3v) is 11.5. The molecule has 2 nitrogen and oxygen atoms in total. The Labute approximate surface area is 338 Å². The first-order chi connectivity index (χ1) is 28.7. The van der Waals surface area contributed by atoms with Crippen LogP contribution in [0, 0.1) is 0 Å². The molecular weight excluding hydrogens is 701 g/mol. The van der Waals surface area contributed by atoms with Gasteiger partial charge in [-0.2, -0.15) is 0 Å². The zero-order valence-corrected chi connectivity index (χ0v) is 31.8. The number of anilines is 3. The lowest BCUT2D eigenvalue weighted by molar-refractivity contribution is 1.18. The first-order valence-corrected chi connectivity index (χ1v) is 19.9. The van der Waals surface area contributed by atoms with E-state index in [4.69, 9.17) is 0 Å². The molecule has 1 heterocycles. The average Bonchev–Trinajstić information content (AvgIpc) is 3.63. The van der Waals surface area contributed by atoms with Crippen LogP contribution in [-0.2, 0) is 0 Å². The Bertz CT molecular complexity index is 3270. The second-order valence-electron chi connectivity index (χ2n) is 15.0. The van der Waals surface area contributed by atoms with Crippen molar-refractivity contribution in [2.45, 2.75) is 0 Å². The van der Waals surface area contributed by atoms with E-state index in [9.17, 15) is 0 Å². The molecule has 0 aliphatic rings. The number of benzene rings is 10. The topological polar surface area (TPSA) is 8.17 Å². The molecule has 0 unspecified atom stereocenters. The maximum atomic E-state index is 2.41. The molecule has 0 amide bonds. The number of fused-ring (bicyclic) bond motifs is 5. The normalized spacial score (nSPS) is 11.4. The van der Waals surface area contributed by atoms with E-state index in [0.717, 1.165) is 22.7 Å². The molecule has 58 heavy (non-hydrogen) atoms. The molecule has 11 rings (SSSR count). The molecule has 10 aromatic carbocycles. The van der Waals surface area contributed by atoms with Crippen LogP contribution in [-0.4, -0.2) is 4.57 Å². The Morgan fingerprint density at radius 3 is 1.40 bits per heavy atom. The molecule has 0 N–H and O–H groups in total. The summed E-state index contributed by atoms with van der Waals surface area (Å²) in [5.41, 5.74) is 14.1. The predicted octanol–water partition coefficient (Wildman–Crippen LogP) is 15.6. The minimum absolute atomic E-state index is 1.10. The summed E-state index contributed by atoms with van der Waals surface area (Å²) >= 11 is 0. The highest BCUT2D eigenvalue weighted by Crippen LogP contribution is 2.42. The monoisotopic (exact) mass is 738 g/mol. The van der Waals surface area contributed by atoms with Crippen molar-refractivity contribution in [3.63, 3.8) is 0 Å². The first kappa shape index (κ1) is 33.6. The van der Waals surface area contributed by atoms with Gasteiger partial charge in [-0.15, -0.1) is 0 Å². The summed E-state index contributed by atoms with van der Waals surface area (Å²) in [5, 5.41) is 7.33. The van der Waals surface area contributed by atoms with E-state index in [1.54, 1.807) is 0 Å². The highest BCUT2D eigenvalue weighted by molar-refractivity contribution is 6.11. The van der Waals surface area contributed by atoms with Crippen molar-refractivity contribution in [1.29, 1.82) is 0 Å². The van der Waals surface area contributed by atoms with Crippen molar-refractivity contribution in [2.75, 3.05) is 4.90 Å². The zero-order chi connectivity index (χ0) is 38.4. The maximum absolute atomic E-state index is 2.41. The van der Waals surface area contributed by atoms with Crippen molar-refractivity contribution in [2.24, 2.45) is 0 Å². The van der Waals surface area contributed by atoms with Gasteiger partial charge >= 0.3 is 0 Å². The molecule has 0 aliphatic heterocycles. The fourth-order valence-electron chi connectivity index (χ4n) is 8.65. The maximum Gasteiger partial charge on any atom is 0.0542 e. The number of hydrogen-bond donors (Lipinski definition) is 0. The zero-order valence-electron chi connectivity index (χ0n) is 31.8. The largest absolute Gasteiger partial charge is 0.310 e. The van der Waals surface area contributed by atoms with Gasteiger partial charge in [0, 0.05) is 33.5 Å². The summed E-state index contributed by atoms with van der Waals surface area (Å²) in [6.45, 7) is 0. The van der Waals surface area contributed by atoms with Gasteiger partial charge in [-0.05, 0) is 134 Å². The standard InChI is InChI=1S/C56H38N2/c1-4-13-39(14-5-1)43-17-12-20-50(36-43)57(52-31-32-56-54(38-52)53-21-10-11-22-55(53)58(56)49-18-8-3-9-19-49)51-30-29-42-25-28-46(35-48(42)37-51)45-27-24-41-23-26-44(33-47(41)34-45)40-15-6-2-7-16-40/h1-38H. The van der Waals surface area contributed by atoms with Gasteiger partial charge in [-0.1, -0.05) is 152 Å². The Morgan fingerprint density at radius 2 is 0.724 bits per heavy atom. The molecule has 0 bridgehead atoms. The van der Waals surface area contributed by atoms with Crippen LogP contribution in [0.15, 0.2) is 231 Å². The van der Waals surface area contributed by atoms with Gasteiger partial charge in [-0.3, -0.25) is 0 Å². The number of aromatic nitrogens is 1. The molecule has 11 aromatic rings. The van der Waals surface area contributed by atoms with Crippen molar-refractivity contribution >= 4 is 60.4 Å². The van der Waals surface area contributed by atoms with E-state index >= 15 is 0 Å². The molecule has 2 heteroatoms. The van der Waals surface area contributed by atoms with Crippen LogP contribution >= 0.6 is 0 Å². The van der Waals surface area contributed by atoms with Crippen LogP contribution in [0.1, 0.15) is 0 Å². The highest BCUT2D eigenvalue weighted by Gasteiger charge is 2.18. The van der Waals surface area contributed by atoms with Gasteiger partial charge in [0.15, 0.2) is 0 Å².